The van der Waals surface area contributed by atoms with Crippen molar-refractivity contribution in [1.82, 2.24) is 5.32 Å². The first-order chi connectivity index (χ1) is 11.6. The number of aryl methyl sites for hydroxylation is 1. The number of aliphatic hydroxyl groups excluding tert-OH is 1. The Morgan fingerprint density at radius 3 is 2.08 bits per heavy atom. The molecule has 1 aliphatic heterocycles. The van der Waals surface area contributed by atoms with Gasteiger partial charge in [-0.3, -0.25) is 0 Å². The van der Waals surface area contributed by atoms with Crippen molar-refractivity contribution in [3.63, 3.8) is 0 Å². The van der Waals surface area contributed by atoms with Crippen LogP contribution in [0.5, 0.6) is 0 Å². The van der Waals surface area contributed by atoms with E-state index < -0.39 is 0 Å². The molecule has 0 saturated carbocycles. The molecule has 24 heavy (non-hydrogen) atoms. The van der Waals surface area contributed by atoms with Gasteiger partial charge in [0.1, 0.15) is 6.79 Å². The van der Waals surface area contributed by atoms with Crippen molar-refractivity contribution in [2.24, 2.45) is 5.92 Å². The van der Waals surface area contributed by atoms with E-state index in [1.54, 1.807) is 0 Å². The first-order valence-corrected chi connectivity index (χ1v) is 8.69. The van der Waals surface area contributed by atoms with Crippen LogP contribution in [0, 0.1) is 12.8 Å². The van der Waals surface area contributed by atoms with Crippen molar-refractivity contribution in [1.29, 1.82) is 0 Å². The molecule has 2 rings (SSSR count). The summed E-state index contributed by atoms with van der Waals surface area (Å²) in [6.45, 7) is 11.0. The lowest BCUT2D eigenvalue weighted by atomic mass is 9.98. The lowest BCUT2D eigenvalue weighted by molar-refractivity contribution is -0.192. The van der Waals surface area contributed by atoms with E-state index in [0.29, 0.717) is 12.5 Å². The van der Waals surface area contributed by atoms with Gasteiger partial charge in [0, 0.05) is 19.1 Å². The molecule has 1 atom stereocenters. The third-order valence-corrected chi connectivity index (χ3v) is 3.77. The molecule has 1 saturated heterocycles. The number of ether oxygens (including phenoxy) is 3. The summed E-state index contributed by atoms with van der Waals surface area (Å²) in [5, 5.41) is 11.0. The Labute approximate surface area is 147 Å². The summed E-state index contributed by atoms with van der Waals surface area (Å²) in [7, 11) is 1.95. The second-order valence-corrected chi connectivity index (χ2v) is 5.60. The summed E-state index contributed by atoms with van der Waals surface area (Å²) in [6, 6.07) is 10.3. The lowest BCUT2D eigenvalue weighted by Crippen LogP contribution is -2.41. The molecule has 0 bridgehead atoms. The van der Waals surface area contributed by atoms with Crippen LogP contribution in [0.4, 0.5) is 0 Å². The average molecular weight is 341 g/mol. The minimum absolute atomic E-state index is 0.156. The van der Waals surface area contributed by atoms with E-state index in [2.05, 4.69) is 43.0 Å². The number of aliphatic hydroxyl groups is 1. The van der Waals surface area contributed by atoms with Gasteiger partial charge in [-0.15, -0.1) is 0 Å². The second-order valence-electron chi connectivity index (χ2n) is 5.60. The SMILES string of the molecule is CCC1(C(C)CNC)OCCO1.CCOCO.Cc1ccccc1. The number of rotatable bonds is 6. The third-order valence-electron chi connectivity index (χ3n) is 3.77. The lowest BCUT2D eigenvalue weighted by Gasteiger charge is -2.32. The zero-order chi connectivity index (χ0) is 18.3. The van der Waals surface area contributed by atoms with E-state index in [1.165, 1.54) is 5.56 Å². The highest BCUT2D eigenvalue weighted by atomic mass is 16.7. The number of benzene rings is 1. The molecule has 1 unspecified atom stereocenters. The summed E-state index contributed by atoms with van der Waals surface area (Å²) in [5.74, 6) is 0.0956. The van der Waals surface area contributed by atoms with E-state index in [9.17, 15) is 0 Å². The third kappa shape index (κ3) is 9.35. The van der Waals surface area contributed by atoms with Crippen LogP contribution in [0.15, 0.2) is 30.3 Å². The summed E-state index contributed by atoms with van der Waals surface area (Å²) >= 11 is 0. The maximum Gasteiger partial charge on any atom is 0.171 e. The fourth-order valence-corrected chi connectivity index (χ4v) is 2.39. The Hall–Kier alpha value is -0.980. The molecule has 5 heteroatoms. The van der Waals surface area contributed by atoms with Crippen molar-refractivity contribution in [3.05, 3.63) is 35.9 Å². The molecule has 140 valence electrons. The zero-order valence-corrected chi connectivity index (χ0v) is 15.9. The Morgan fingerprint density at radius 2 is 1.79 bits per heavy atom. The maximum atomic E-state index is 7.84. The molecule has 1 aromatic carbocycles. The standard InChI is InChI=1S/C9H19NO2.C7H8.C3H8O2/c1-4-9(8(2)7-10-3)11-5-6-12-9;1-7-5-3-2-4-6-7;1-2-5-3-4/h8,10H,4-7H2,1-3H3;2-6H,1H3;4H,2-3H2,1H3. The van der Waals surface area contributed by atoms with Gasteiger partial charge in [-0.1, -0.05) is 49.7 Å². The molecule has 1 fully saturated rings. The molecule has 1 aliphatic rings. The largest absolute Gasteiger partial charge is 0.371 e. The van der Waals surface area contributed by atoms with E-state index in [0.717, 1.165) is 26.2 Å². The summed E-state index contributed by atoms with van der Waals surface area (Å²) in [4.78, 5) is 0. The molecule has 0 amide bonds. The highest BCUT2D eigenvalue weighted by molar-refractivity contribution is 5.11. The van der Waals surface area contributed by atoms with Gasteiger partial charge in [0.05, 0.1) is 13.2 Å². The molecular weight excluding hydrogens is 306 g/mol. The number of hydrogen-bond acceptors (Lipinski definition) is 5. The quantitative estimate of drug-likeness (QED) is 0.779. The number of hydrogen-bond donors (Lipinski definition) is 2. The highest BCUT2D eigenvalue weighted by Gasteiger charge is 2.39. The molecule has 1 heterocycles. The molecule has 0 radical (unpaired) electrons. The topological polar surface area (TPSA) is 60.0 Å². The molecule has 1 aromatic rings. The number of nitrogens with one attached hydrogen (secondary N) is 1. The van der Waals surface area contributed by atoms with Crippen molar-refractivity contribution in [2.45, 2.75) is 39.9 Å². The Kier molecular flexibility index (Phi) is 13.8. The monoisotopic (exact) mass is 341 g/mol. The predicted octanol–water partition coefficient (Wildman–Crippen LogP) is 2.96. The van der Waals surface area contributed by atoms with Crippen molar-refractivity contribution >= 4 is 0 Å². The zero-order valence-electron chi connectivity index (χ0n) is 15.9. The van der Waals surface area contributed by atoms with Gasteiger partial charge < -0.3 is 24.6 Å². The van der Waals surface area contributed by atoms with E-state index in [4.69, 9.17) is 14.6 Å². The summed E-state index contributed by atoms with van der Waals surface area (Å²) in [5.41, 5.74) is 1.32. The van der Waals surface area contributed by atoms with Gasteiger partial charge in [-0.2, -0.15) is 0 Å². The van der Waals surface area contributed by atoms with E-state index in [1.807, 2.05) is 32.2 Å². The van der Waals surface area contributed by atoms with Crippen molar-refractivity contribution in [2.75, 3.05) is 40.2 Å². The van der Waals surface area contributed by atoms with Gasteiger partial charge >= 0.3 is 0 Å². The van der Waals surface area contributed by atoms with Gasteiger partial charge in [0.2, 0.25) is 0 Å². The van der Waals surface area contributed by atoms with Gasteiger partial charge in [0.25, 0.3) is 0 Å². The summed E-state index contributed by atoms with van der Waals surface area (Å²) in [6.07, 6.45) is 0.926. The van der Waals surface area contributed by atoms with Crippen molar-refractivity contribution in [3.8, 4) is 0 Å². The van der Waals surface area contributed by atoms with E-state index in [-0.39, 0.29) is 12.6 Å². The normalized spacial score (nSPS) is 16.4. The fourth-order valence-electron chi connectivity index (χ4n) is 2.39. The van der Waals surface area contributed by atoms with Crippen LogP contribution in [0.3, 0.4) is 0 Å². The van der Waals surface area contributed by atoms with Crippen LogP contribution < -0.4 is 5.32 Å². The molecule has 2 N–H and O–H groups in total. The Morgan fingerprint density at radius 1 is 1.21 bits per heavy atom. The Balaban J connectivity index is 0.000000373. The van der Waals surface area contributed by atoms with E-state index >= 15 is 0 Å². The molecule has 0 spiro atoms. The van der Waals surface area contributed by atoms with Crippen LogP contribution in [0.1, 0.15) is 32.8 Å². The van der Waals surface area contributed by atoms with Crippen LogP contribution in [-0.4, -0.2) is 51.1 Å². The summed E-state index contributed by atoms with van der Waals surface area (Å²) < 4.78 is 15.7. The first kappa shape index (κ1) is 23.0. The Bertz CT molecular complexity index is 378. The van der Waals surface area contributed by atoms with Crippen LogP contribution >= 0.6 is 0 Å². The molecular formula is C19H35NO4. The molecule has 5 nitrogen and oxygen atoms in total. The smallest absolute Gasteiger partial charge is 0.171 e. The molecule has 0 aromatic heterocycles. The second kappa shape index (κ2) is 14.4. The van der Waals surface area contributed by atoms with Gasteiger partial charge in [-0.05, 0) is 27.3 Å². The predicted molar refractivity (Wildman–Crippen MR) is 97.9 cm³/mol. The average Bonchev–Trinajstić information content (AvgIpc) is 3.08. The van der Waals surface area contributed by atoms with Crippen LogP contribution in [0.2, 0.25) is 0 Å². The highest BCUT2D eigenvalue weighted by Crippen LogP contribution is 2.30. The molecule has 0 aliphatic carbocycles. The minimum Gasteiger partial charge on any atom is -0.371 e. The van der Waals surface area contributed by atoms with Gasteiger partial charge in [0.15, 0.2) is 5.79 Å². The maximum absolute atomic E-state index is 7.84. The van der Waals surface area contributed by atoms with Crippen LogP contribution in [-0.2, 0) is 14.2 Å². The minimum atomic E-state index is -0.316. The van der Waals surface area contributed by atoms with Crippen molar-refractivity contribution < 1.29 is 19.3 Å². The van der Waals surface area contributed by atoms with Gasteiger partial charge in [-0.25, -0.2) is 0 Å². The fraction of sp³-hybridized carbons (Fsp3) is 0.684. The first-order valence-electron chi connectivity index (χ1n) is 8.69. The van der Waals surface area contributed by atoms with Crippen LogP contribution in [0.25, 0.3) is 0 Å².